The second-order valence-corrected chi connectivity index (χ2v) is 8.57. The van der Waals surface area contributed by atoms with Gasteiger partial charge in [0.1, 0.15) is 6.10 Å². The molecule has 2 aromatic heterocycles. The minimum atomic E-state index is 0.0228. The number of amides is 1. The lowest BCUT2D eigenvalue weighted by Crippen LogP contribution is -2.41. The number of carbonyl (C=O) groups is 1. The van der Waals surface area contributed by atoms with Crippen LogP contribution in [0.1, 0.15) is 22.6 Å². The summed E-state index contributed by atoms with van der Waals surface area (Å²) in [5.74, 6) is 0.0228. The maximum atomic E-state index is 12.8. The van der Waals surface area contributed by atoms with Gasteiger partial charge in [0.2, 0.25) is 0 Å². The topological polar surface area (TPSA) is 55.3 Å². The van der Waals surface area contributed by atoms with E-state index < -0.39 is 0 Å². The number of hydrogen-bond donors (Lipinski definition) is 0. The lowest BCUT2D eigenvalue weighted by molar-refractivity contribution is 0.0595. The second kappa shape index (κ2) is 6.90. The molecule has 136 valence electrons. The third kappa shape index (κ3) is 3.28. The van der Waals surface area contributed by atoms with Crippen molar-refractivity contribution in [2.75, 3.05) is 13.1 Å². The molecule has 1 saturated heterocycles. The van der Waals surface area contributed by atoms with Gasteiger partial charge in [-0.3, -0.25) is 4.79 Å². The van der Waals surface area contributed by atoms with Crippen molar-refractivity contribution < 1.29 is 9.53 Å². The third-order valence-corrected chi connectivity index (χ3v) is 6.70. The minimum absolute atomic E-state index is 0.0228. The molecule has 0 bridgehead atoms. The average Bonchev–Trinajstić information content (AvgIpc) is 3.31. The van der Waals surface area contributed by atoms with Crippen LogP contribution in [0.15, 0.2) is 48.5 Å². The molecule has 7 heteroatoms. The molecule has 5 rings (SSSR count). The van der Waals surface area contributed by atoms with E-state index in [1.807, 2.05) is 47.4 Å². The lowest BCUT2D eigenvalue weighted by Gasteiger charge is -2.31. The van der Waals surface area contributed by atoms with E-state index in [1.165, 1.54) is 11.3 Å². The van der Waals surface area contributed by atoms with Crippen LogP contribution < -0.4 is 4.74 Å². The Hall–Kier alpha value is -2.51. The Labute approximate surface area is 164 Å². The van der Waals surface area contributed by atoms with Crippen molar-refractivity contribution in [3.63, 3.8) is 0 Å². The third-order valence-electron chi connectivity index (χ3n) is 4.75. The predicted molar refractivity (Wildman–Crippen MR) is 109 cm³/mol. The van der Waals surface area contributed by atoms with Gasteiger partial charge in [-0.2, -0.15) is 0 Å². The first-order valence-corrected chi connectivity index (χ1v) is 10.6. The fourth-order valence-electron chi connectivity index (χ4n) is 3.32. The van der Waals surface area contributed by atoms with E-state index in [1.54, 1.807) is 11.3 Å². The molecule has 0 unspecified atom stereocenters. The predicted octanol–water partition coefficient (Wildman–Crippen LogP) is 4.59. The van der Waals surface area contributed by atoms with Crippen LogP contribution in [-0.2, 0) is 0 Å². The standard InChI is InChI=1S/C20H17N3O2S2/c24-19(18-21-14-5-1-3-7-16(14)26-18)23-11-9-13(10-12-23)25-20-22-15-6-2-4-8-17(15)27-20/h1-8,13H,9-12H2. The van der Waals surface area contributed by atoms with Crippen molar-refractivity contribution in [2.45, 2.75) is 18.9 Å². The first kappa shape index (κ1) is 16.6. The molecule has 0 atom stereocenters. The fraction of sp³-hybridized carbons (Fsp3) is 0.250. The summed E-state index contributed by atoms with van der Waals surface area (Å²) in [6, 6.07) is 15.9. The van der Waals surface area contributed by atoms with E-state index in [4.69, 9.17) is 4.74 Å². The molecule has 0 radical (unpaired) electrons. The highest BCUT2D eigenvalue weighted by atomic mass is 32.1. The van der Waals surface area contributed by atoms with E-state index in [0.717, 1.165) is 33.3 Å². The Bertz CT molecular complexity index is 1050. The number of piperidine rings is 1. The van der Waals surface area contributed by atoms with Crippen molar-refractivity contribution in [3.05, 3.63) is 53.5 Å². The molecule has 0 saturated carbocycles. The van der Waals surface area contributed by atoms with Crippen molar-refractivity contribution in [1.82, 2.24) is 14.9 Å². The van der Waals surface area contributed by atoms with Crippen molar-refractivity contribution >= 4 is 49.0 Å². The van der Waals surface area contributed by atoms with Crippen LogP contribution in [0.5, 0.6) is 5.19 Å². The molecule has 1 aliphatic rings. The van der Waals surface area contributed by atoms with Gasteiger partial charge in [0.05, 0.1) is 20.4 Å². The van der Waals surface area contributed by atoms with Crippen molar-refractivity contribution in [3.8, 4) is 5.19 Å². The van der Waals surface area contributed by atoms with E-state index in [9.17, 15) is 4.79 Å². The first-order chi connectivity index (χ1) is 13.3. The number of carbonyl (C=O) groups excluding carboxylic acids is 1. The highest BCUT2D eigenvalue weighted by Crippen LogP contribution is 2.30. The first-order valence-electron chi connectivity index (χ1n) is 8.93. The zero-order valence-corrected chi connectivity index (χ0v) is 16.1. The molecular weight excluding hydrogens is 378 g/mol. The maximum absolute atomic E-state index is 12.8. The number of aromatic nitrogens is 2. The quantitative estimate of drug-likeness (QED) is 0.509. The van der Waals surface area contributed by atoms with E-state index in [-0.39, 0.29) is 12.0 Å². The Morgan fingerprint density at radius 2 is 1.56 bits per heavy atom. The molecule has 1 aliphatic heterocycles. The summed E-state index contributed by atoms with van der Waals surface area (Å²) in [7, 11) is 0. The summed E-state index contributed by atoms with van der Waals surface area (Å²) < 4.78 is 8.26. The Balaban J connectivity index is 1.23. The maximum Gasteiger partial charge on any atom is 0.282 e. The van der Waals surface area contributed by atoms with E-state index >= 15 is 0 Å². The fourth-order valence-corrected chi connectivity index (χ4v) is 5.13. The van der Waals surface area contributed by atoms with Gasteiger partial charge in [-0.25, -0.2) is 9.97 Å². The van der Waals surface area contributed by atoms with Crippen LogP contribution in [0.4, 0.5) is 0 Å². The number of para-hydroxylation sites is 2. The summed E-state index contributed by atoms with van der Waals surface area (Å²) in [6.45, 7) is 1.37. The van der Waals surface area contributed by atoms with Gasteiger partial charge >= 0.3 is 0 Å². The zero-order valence-electron chi connectivity index (χ0n) is 14.5. The van der Waals surface area contributed by atoms with Gasteiger partial charge in [0, 0.05) is 25.9 Å². The van der Waals surface area contributed by atoms with Crippen molar-refractivity contribution in [1.29, 1.82) is 0 Å². The number of ether oxygens (including phenoxy) is 1. The molecule has 27 heavy (non-hydrogen) atoms. The van der Waals surface area contributed by atoms with Gasteiger partial charge in [-0.15, -0.1) is 11.3 Å². The van der Waals surface area contributed by atoms with Crippen LogP contribution in [0.25, 0.3) is 20.4 Å². The Kier molecular flexibility index (Phi) is 4.26. The monoisotopic (exact) mass is 395 g/mol. The van der Waals surface area contributed by atoms with Gasteiger partial charge in [-0.05, 0) is 24.3 Å². The lowest BCUT2D eigenvalue weighted by atomic mass is 10.1. The van der Waals surface area contributed by atoms with Crippen LogP contribution >= 0.6 is 22.7 Å². The summed E-state index contributed by atoms with van der Waals surface area (Å²) in [5.41, 5.74) is 1.86. The summed E-state index contributed by atoms with van der Waals surface area (Å²) in [6.07, 6.45) is 1.73. The van der Waals surface area contributed by atoms with Crippen LogP contribution in [0.2, 0.25) is 0 Å². The Morgan fingerprint density at radius 1 is 0.926 bits per heavy atom. The van der Waals surface area contributed by atoms with Gasteiger partial charge in [-0.1, -0.05) is 35.6 Å². The number of likely N-dealkylation sites (tertiary alicyclic amines) is 1. The molecular formula is C20H17N3O2S2. The summed E-state index contributed by atoms with van der Waals surface area (Å²) >= 11 is 3.04. The zero-order chi connectivity index (χ0) is 18.2. The van der Waals surface area contributed by atoms with Gasteiger partial charge in [0.25, 0.3) is 11.1 Å². The Morgan fingerprint density at radius 3 is 2.22 bits per heavy atom. The summed E-state index contributed by atoms with van der Waals surface area (Å²) in [5, 5.41) is 1.29. The molecule has 0 spiro atoms. The number of hydrogen-bond acceptors (Lipinski definition) is 6. The molecule has 0 aliphatic carbocycles. The van der Waals surface area contributed by atoms with Crippen LogP contribution in [-0.4, -0.2) is 40.0 Å². The molecule has 3 heterocycles. The molecule has 1 fully saturated rings. The number of nitrogens with zero attached hydrogens (tertiary/aromatic N) is 3. The van der Waals surface area contributed by atoms with Crippen LogP contribution in [0.3, 0.4) is 0 Å². The summed E-state index contributed by atoms with van der Waals surface area (Å²) in [4.78, 5) is 23.7. The molecule has 2 aromatic carbocycles. The largest absolute Gasteiger partial charge is 0.467 e. The highest BCUT2D eigenvalue weighted by Gasteiger charge is 2.27. The molecule has 0 N–H and O–H groups in total. The van der Waals surface area contributed by atoms with E-state index in [0.29, 0.717) is 23.3 Å². The molecule has 5 nitrogen and oxygen atoms in total. The number of thiazole rings is 2. The smallest absolute Gasteiger partial charge is 0.282 e. The van der Waals surface area contributed by atoms with Gasteiger partial charge < -0.3 is 9.64 Å². The molecule has 4 aromatic rings. The normalized spacial score (nSPS) is 15.5. The average molecular weight is 396 g/mol. The SMILES string of the molecule is O=C(c1nc2ccccc2s1)N1CCC(Oc2nc3ccccc3s2)CC1. The number of benzene rings is 2. The highest BCUT2D eigenvalue weighted by molar-refractivity contribution is 7.20. The van der Waals surface area contributed by atoms with E-state index in [2.05, 4.69) is 16.0 Å². The number of fused-ring (bicyclic) bond motifs is 2. The van der Waals surface area contributed by atoms with Crippen LogP contribution in [0, 0.1) is 0 Å². The van der Waals surface area contributed by atoms with Crippen molar-refractivity contribution in [2.24, 2.45) is 0 Å². The number of rotatable bonds is 3. The van der Waals surface area contributed by atoms with Gasteiger partial charge in [0.15, 0.2) is 5.01 Å². The minimum Gasteiger partial charge on any atom is -0.467 e. The second-order valence-electron chi connectivity index (χ2n) is 6.54. The molecule has 1 amide bonds.